The Hall–Kier alpha value is -0.850. The average Bonchev–Trinajstić information content (AvgIpc) is 2.26. The van der Waals surface area contributed by atoms with E-state index in [1.165, 1.54) is 11.8 Å². The number of aliphatic hydroxyl groups is 2. The molecule has 1 unspecified atom stereocenters. The van der Waals surface area contributed by atoms with Crippen LogP contribution < -0.4 is 5.32 Å². The monoisotopic (exact) mass is 215 g/mol. The van der Waals surface area contributed by atoms with E-state index < -0.39 is 6.10 Å². The molecule has 1 aromatic heterocycles. The van der Waals surface area contributed by atoms with Crippen LogP contribution in [0.25, 0.3) is 0 Å². The molecule has 14 heavy (non-hydrogen) atoms. The maximum Gasteiger partial charge on any atom is 0.223 e. The lowest BCUT2D eigenvalue weighted by molar-refractivity contribution is 0.113. The van der Waals surface area contributed by atoms with E-state index in [4.69, 9.17) is 10.2 Å². The van der Waals surface area contributed by atoms with Crippen LogP contribution in [0.4, 0.5) is 5.95 Å². The van der Waals surface area contributed by atoms with E-state index in [9.17, 15) is 0 Å². The quantitative estimate of drug-likeness (QED) is 0.472. The molecule has 0 aliphatic carbocycles. The summed E-state index contributed by atoms with van der Waals surface area (Å²) in [6.45, 7) is -0.225. The van der Waals surface area contributed by atoms with Crippen molar-refractivity contribution in [2.24, 2.45) is 0 Å². The topological polar surface area (TPSA) is 78.3 Å². The van der Waals surface area contributed by atoms with Gasteiger partial charge in [-0.15, -0.1) is 11.8 Å². The minimum Gasteiger partial charge on any atom is -0.394 e. The molecule has 0 aromatic carbocycles. The SMILES string of the molecule is CNc1nccc(SCC(O)CO)n1. The molecule has 0 spiro atoms. The van der Waals surface area contributed by atoms with E-state index >= 15 is 0 Å². The number of nitrogens with one attached hydrogen (secondary N) is 1. The van der Waals surface area contributed by atoms with Gasteiger partial charge in [-0.1, -0.05) is 0 Å². The zero-order valence-electron chi connectivity index (χ0n) is 7.84. The molecular formula is C8H13N3O2S. The lowest BCUT2D eigenvalue weighted by Crippen LogP contribution is -2.14. The fourth-order valence-electron chi connectivity index (χ4n) is 0.777. The van der Waals surface area contributed by atoms with Gasteiger partial charge in [-0.05, 0) is 6.07 Å². The Bertz CT molecular complexity index is 285. The minimum absolute atomic E-state index is 0.225. The summed E-state index contributed by atoms with van der Waals surface area (Å²) in [6.07, 6.45) is 0.944. The summed E-state index contributed by atoms with van der Waals surface area (Å²) in [5, 5.41) is 21.3. The van der Waals surface area contributed by atoms with Crippen molar-refractivity contribution in [1.29, 1.82) is 0 Å². The van der Waals surface area contributed by atoms with Crippen molar-refractivity contribution in [1.82, 2.24) is 9.97 Å². The number of anilines is 1. The van der Waals surface area contributed by atoms with Crippen molar-refractivity contribution >= 4 is 17.7 Å². The van der Waals surface area contributed by atoms with Crippen LogP contribution in [0.1, 0.15) is 0 Å². The molecule has 0 amide bonds. The van der Waals surface area contributed by atoms with Gasteiger partial charge in [0.05, 0.1) is 12.7 Å². The van der Waals surface area contributed by atoms with Crippen LogP contribution in [0.2, 0.25) is 0 Å². The molecule has 0 aliphatic rings. The predicted molar refractivity (Wildman–Crippen MR) is 55.4 cm³/mol. The van der Waals surface area contributed by atoms with Crippen LogP contribution >= 0.6 is 11.8 Å². The van der Waals surface area contributed by atoms with Gasteiger partial charge in [-0.2, -0.15) is 0 Å². The normalized spacial score (nSPS) is 12.5. The summed E-state index contributed by atoms with van der Waals surface area (Å²) in [5.41, 5.74) is 0. The molecule has 0 saturated carbocycles. The number of hydrogen-bond donors (Lipinski definition) is 3. The standard InChI is InChI=1S/C8H13N3O2S/c1-9-8-10-3-2-7(11-8)14-5-6(13)4-12/h2-3,6,12-13H,4-5H2,1H3,(H,9,10,11). The molecule has 0 bridgehead atoms. The van der Waals surface area contributed by atoms with E-state index in [0.717, 1.165) is 5.03 Å². The van der Waals surface area contributed by atoms with E-state index in [1.807, 2.05) is 0 Å². The summed E-state index contributed by atoms with van der Waals surface area (Å²) in [5.74, 6) is 0.977. The molecule has 78 valence electrons. The summed E-state index contributed by atoms with van der Waals surface area (Å²) in [6, 6.07) is 1.76. The maximum atomic E-state index is 9.12. The highest BCUT2D eigenvalue weighted by Gasteiger charge is 2.04. The molecule has 5 nitrogen and oxygen atoms in total. The van der Waals surface area contributed by atoms with Gasteiger partial charge in [0.1, 0.15) is 5.03 Å². The molecule has 6 heteroatoms. The minimum atomic E-state index is -0.701. The Morgan fingerprint density at radius 2 is 2.43 bits per heavy atom. The van der Waals surface area contributed by atoms with Gasteiger partial charge in [-0.3, -0.25) is 0 Å². The third-order valence-corrected chi connectivity index (χ3v) is 2.56. The first-order chi connectivity index (χ1) is 6.76. The molecule has 1 rings (SSSR count). The number of aromatic nitrogens is 2. The van der Waals surface area contributed by atoms with Crippen molar-refractivity contribution in [2.45, 2.75) is 11.1 Å². The summed E-state index contributed by atoms with van der Waals surface area (Å²) >= 11 is 1.38. The number of nitrogens with zero attached hydrogens (tertiary/aromatic N) is 2. The number of aliphatic hydroxyl groups excluding tert-OH is 2. The third kappa shape index (κ3) is 3.49. The molecule has 1 aromatic rings. The Morgan fingerprint density at radius 3 is 3.07 bits per heavy atom. The van der Waals surface area contributed by atoms with E-state index in [2.05, 4.69) is 15.3 Å². The molecule has 1 heterocycles. The Labute approximate surface area is 86.6 Å². The summed E-state index contributed by atoms with van der Waals surface area (Å²) in [4.78, 5) is 8.10. The second kappa shape index (κ2) is 5.79. The van der Waals surface area contributed by atoms with Crippen molar-refractivity contribution in [3.05, 3.63) is 12.3 Å². The molecule has 0 saturated heterocycles. The van der Waals surface area contributed by atoms with Gasteiger partial charge in [0, 0.05) is 19.0 Å². The number of rotatable bonds is 5. The van der Waals surface area contributed by atoms with Crippen molar-refractivity contribution in [2.75, 3.05) is 24.7 Å². The van der Waals surface area contributed by atoms with Crippen molar-refractivity contribution < 1.29 is 10.2 Å². The van der Waals surface area contributed by atoms with Gasteiger partial charge in [-0.25, -0.2) is 9.97 Å². The number of thioether (sulfide) groups is 1. The summed E-state index contributed by atoms with van der Waals surface area (Å²) in [7, 11) is 1.74. The molecule has 3 N–H and O–H groups in total. The average molecular weight is 215 g/mol. The maximum absolute atomic E-state index is 9.12. The first-order valence-electron chi connectivity index (χ1n) is 4.18. The Balaban J connectivity index is 2.50. The van der Waals surface area contributed by atoms with Gasteiger partial charge >= 0.3 is 0 Å². The molecule has 0 radical (unpaired) electrons. The molecule has 0 fully saturated rings. The van der Waals surface area contributed by atoms with Crippen LogP contribution in [-0.4, -0.2) is 45.7 Å². The fourth-order valence-corrected chi connectivity index (χ4v) is 1.55. The van der Waals surface area contributed by atoms with Gasteiger partial charge in [0.2, 0.25) is 5.95 Å². The van der Waals surface area contributed by atoms with E-state index in [-0.39, 0.29) is 6.61 Å². The first kappa shape index (κ1) is 11.2. The third-order valence-electron chi connectivity index (χ3n) is 1.49. The molecule has 0 aliphatic heterocycles. The lowest BCUT2D eigenvalue weighted by Gasteiger charge is -2.06. The Morgan fingerprint density at radius 1 is 1.64 bits per heavy atom. The highest BCUT2D eigenvalue weighted by Crippen LogP contribution is 2.16. The first-order valence-corrected chi connectivity index (χ1v) is 5.17. The Kier molecular flexibility index (Phi) is 4.64. The van der Waals surface area contributed by atoms with Crippen molar-refractivity contribution in [3.63, 3.8) is 0 Å². The number of hydrogen-bond acceptors (Lipinski definition) is 6. The van der Waals surface area contributed by atoms with Gasteiger partial charge < -0.3 is 15.5 Å². The van der Waals surface area contributed by atoms with Crippen LogP contribution in [0.3, 0.4) is 0 Å². The van der Waals surface area contributed by atoms with Crippen LogP contribution in [-0.2, 0) is 0 Å². The van der Waals surface area contributed by atoms with E-state index in [1.54, 1.807) is 19.3 Å². The smallest absolute Gasteiger partial charge is 0.223 e. The van der Waals surface area contributed by atoms with E-state index in [0.29, 0.717) is 11.7 Å². The second-order valence-corrected chi connectivity index (χ2v) is 3.66. The largest absolute Gasteiger partial charge is 0.394 e. The fraction of sp³-hybridized carbons (Fsp3) is 0.500. The molecule has 1 atom stereocenters. The highest BCUT2D eigenvalue weighted by atomic mass is 32.2. The second-order valence-electron chi connectivity index (χ2n) is 2.62. The van der Waals surface area contributed by atoms with Crippen LogP contribution in [0.5, 0.6) is 0 Å². The summed E-state index contributed by atoms with van der Waals surface area (Å²) < 4.78 is 0. The van der Waals surface area contributed by atoms with Crippen molar-refractivity contribution in [3.8, 4) is 0 Å². The van der Waals surface area contributed by atoms with Gasteiger partial charge in [0.15, 0.2) is 0 Å². The van der Waals surface area contributed by atoms with Crippen LogP contribution in [0, 0.1) is 0 Å². The van der Waals surface area contributed by atoms with Crippen LogP contribution in [0.15, 0.2) is 17.3 Å². The lowest BCUT2D eigenvalue weighted by atomic mass is 10.4. The zero-order valence-corrected chi connectivity index (χ0v) is 8.66. The highest BCUT2D eigenvalue weighted by molar-refractivity contribution is 7.99. The van der Waals surface area contributed by atoms with Gasteiger partial charge in [0.25, 0.3) is 0 Å². The molecular weight excluding hydrogens is 202 g/mol. The zero-order chi connectivity index (χ0) is 10.4. The predicted octanol–water partition coefficient (Wildman–Crippen LogP) is -0.0364.